The molecule has 60 heavy (non-hydrogen) atoms. The van der Waals surface area contributed by atoms with Crippen LogP contribution in [0.15, 0.2) is 85.1 Å². The van der Waals surface area contributed by atoms with E-state index in [1.807, 2.05) is 12.2 Å². The Hall–Kier alpha value is -3.41. The van der Waals surface area contributed by atoms with Crippen molar-refractivity contribution in [2.24, 2.45) is 0 Å². The van der Waals surface area contributed by atoms with Crippen LogP contribution in [-0.4, -0.2) is 37.2 Å². The third-order valence-corrected chi connectivity index (χ3v) is 10.2. The lowest BCUT2D eigenvalue weighted by Gasteiger charge is -2.18. The first-order chi connectivity index (χ1) is 29.5. The summed E-state index contributed by atoms with van der Waals surface area (Å²) in [6.07, 6.45) is 61.5. The highest BCUT2D eigenvalue weighted by molar-refractivity contribution is 5.71. The zero-order chi connectivity index (χ0) is 43.7. The van der Waals surface area contributed by atoms with Gasteiger partial charge in [0, 0.05) is 19.3 Å². The summed E-state index contributed by atoms with van der Waals surface area (Å²) < 4.78 is 16.7. The first-order valence-electron chi connectivity index (χ1n) is 24.6. The van der Waals surface area contributed by atoms with Gasteiger partial charge in [-0.25, -0.2) is 0 Å². The molecule has 6 heteroatoms. The van der Waals surface area contributed by atoms with Crippen LogP contribution in [-0.2, 0) is 28.6 Å². The number of rotatable bonds is 43. The fourth-order valence-corrected chi connectivity index (χ4v) is 6.48. The van der Waals surface area contributed by atoms with Crippen LogP contribution in [0.3, 0.4) is 0 Å². The molecule has 0 aromatic carbocycles. The van der Waals surface area contributed by atoms with Crippen molar-refractivity contribution >= 4 is 17.9 Å². The lowest BCUT2D eigenvalue weighted by Crippen LogP contribution is -2.30. The van der Waals surface area contributed by atoms with Crippen LogP contribution < -0.4 is 0 Å². The summed E-state index contributed by atoms with van der Waals surface area (Å²) in [6.45, 7) is 6.38. The van der Waals surface area contributed by atoms with Crippen LogP contribution >= 0.6 is 0 Å². The molecule has 1 atom stereocenters. The zero-order valence-corrected chi connectivity index (χ0v) is 38.9. The van der Waals surface area contributed by atoms with Gasteiger partial charge in [-0.05, 0) is 83.5 Å². The Labute approximate surface area is 369 Å². The van der Waals surface area contributed by atoms with Crippen LogP contribution in [0.4, 0.5) is 0 Å². The summed E-state index contributed by atoms with van der Waals surface area (Å²) >= 11 is 0. The highest BCUT2D eigenvalue weighted by Gasteiger charge is 2.19. The molecule has 0 saturated carbocycles. The lowest BCUT2D eigenvalue weighted by molar-refractivity contribution is -0.166. The van der Waals surface area contributed by atoms with Gasteiger partial charge in [-0.3, -0.25) is 14.4 Å². The van der Waals surface area contributed by atoms with E-state index < -0.39 is 6.10 Å². The Bertz CT molecular complexity index is 1190. The van der Waals surface area contributed by atoms with Crippen molar-refractivity contribution in [3.63, 3.8) is 0 Å². The van der Waals surface area contributed by atoms with Crippen molar-refractivity contribution in [2.45, 2.75) is 226 Å². The molecule has 0 aromatic rings. The second-order valence-corrected chi connectivity index (χ2v) is 16.1. The fraction of sp³-hybridized carbons (Fsp3) is 0.685. The van der Waals surface area contributed by atoms with Crippen LogP contribution in [0, 0.1) is 0 Å². The van der Waals surface area contributed by atoms with Crippen molar-refractivity contribution in [1.29, 1.82) is 0 Å². The van der Waals surface area contributed by atoms with Crippen molar-refractivity contribution in [2.75, 3.05) is 13.2 Å². The number of hydrogen-bond acceptors (Lipinski definition) is 6. The average molecular weight is 835 g/mol. The van der Waals surface area contributed by atoms with E-state index in [9.17, 15) is 14.4 Å². The molecule has 0 aromatic heterocycles. The van der Waals surface area contributed by atoms with Crippen molar-refractivity contribution < 1.29 is 28.6 Å². The van der Waals surface area contributed by atoms with E-state index in [0.717, 1.165) is 89.9 Å². The van der Waals surface area contributed by atoms with Crippen molar-refractivity contribution in [3.05, 3.63) is 85.1 Å². The first-order valence-corrected chi connectivity index (χ1v) is 24.6. The maximum absolute atomic E-state index is 12.7. The van der Waals surface area contributed by atoms with Crippen molar-refractivity contribution in [3.8, 4) is 0 Å². The molecule has 0 bridgehead atoms. The largest absolute Gasteiger partial charge is 0.462 e. The van der Waals surface area contributed by atoms with Gasteiger partial charge < -0.3 is 14.2 Å². The summed E-state index contributed by atoms with van der Waals surface area (Å²) in [5, 5.41) is 0. The smallest absolute Gasteiger partial charge is 0.306 e. The normalized spacial score (nSPS) is 12.8. The third-order valence-electron chi connectivity index (χ3n) is 10.2. The molecule has 0 amide bonds. The summed E-state index contributed by atoms with van der Waals surface area (Å²) in [6, 6.07) is 0. The molecular weight excluding hydrogens is 745 g/mol. The van der Waals surface area contributed by atoms with Gasteiger partial charge in [-0.15, -0.1) is 0 Å². The van der Waals surface area contributed by atoms with Gasteiger partial charge in [0.05, 0.1) is 0 Å². The second-order valence-electron chi connectivity index (χ2n) is 16.1. The van der Waals surface area contributed by atoms with E-state index in [1.165, 1.54) is 83.5 Å². The molecule has 342 valence electrons. The third kappa shape index (κ3) is 45.7. The van der Waals surface area contributed by atoms with Crippen molar-refractivity contribution in [1.82, 2.24) is 0 Å². The van der Waals surface area contributed by atoms with Gasteiger partial charge in [0.2, 0.25) is 0 Å². The van der Waals surface area contributed by atoms with Crippen LogP contribution in [0.1, 0.15) is 220 Å². The zero-order valence-electron chi connectivity index (χ0n) is 38.9. The molecule has 6 nitrogen and oxygen atoms in total. The minimum Gasteiger partial charge on any atom is -0.462 e. The van der Waals surface area contributed by atoms with Crippen LogP contribution in [0.25, 0.3) is 0 Å². The quantitative estimate of drug-likeness (QED) is 0.0200. The minimum atomic E-state index is -0.819. The molecule has 0 aliphatic heterocycles. The van der Waals surface area contributed by atoms with Crippen LogP contribution in [0.2, 0.25) is 0 Å². The highest BCUT2D eigenvalue weighted by atomic mass is 16.6. The molecule has 1 unspecified atom stereocenters. The summed E-state index contributed by atoms with van der Waals surface area (Å²) in [7, 11) is 0. The average Bonchev–Trinajstić information content (AvgIpc) is 3.24. The molecular formula is C54H90O6. The Balaban J connectivity index is 4.52. The Morgan fingerprint density at radius 2 is 0.750 bits per heavy atom. The van der Waals surface area contributed by atoms with E-state index in [1.54, 1.807) is 0 Å². The SMILES string of the molecule is CC/C=C/C=C/C=C/CCCCCCCC(=O)OC(COC(=O)CC/C=C/C/C=C/CCCCCCCC)COC(=O)CCCCC/C=C/C=C/CCCCCCCCC. The first kappa shape index (κ1) is 56.6. The molecule has 0 radical (unpaired) electrons. The van der Waals surface area contributed by atoms with Gasteiger partial charge in [0.25, 0.3) is 0 Å². The predicted molar refractivity (Wildman–Crippen MR) is 256 cm³/mol. The van der Waals surface area contributed by atoms with Gasteiger partial charge in [0.1, 0.15) is 13.2 Å². The Kier molecular flexibility index (Phi) is 45.5. The standard InChI is InChI=1S/C54H90O6/c1-4-7-10-13-16-19-22-25-26-27-30-32-35-38-41-44-47-53(56)59-50-51(60-54(57)48-45-42-39-36-33-29-24-21-18-15-12-9-6-3)49-58-52(55)46-43-40-37-34-31-28-23-20-17-14-11-8-5-2/h9,12,15,18,21,24,26-28,30-32,37,40,51H,4-8,10-11,13-14,16-17,19-20,22-23,25,29,33-36,38-39,41-50H2,1-3H3/b12-9+,18-15+,24-21+,27-26+,31-28+,32-30+,40-37+. The van der Waals surface area contributed by atoms with Gasteiger partial charge in [-0.1, -0.05) is 202 Å². The van der Waals surface area contributed by atoms with E-state index in [-0.39, 0.29) is 44.0 Å². The van der Waals surface area contributed by atoms with Gasteiger partial charge >= 0.3 is 17.9 Å². The molecule has 0 heterocycles. The van der Waals surface area contributed by atoms with E-state index >= 15 is 0 Å². The fourth-order valence-electron chi connectivity index (χ4n) is 6.48. The number of esters is 3. The number of carbonyl (C=O) groups excluding carboxylic acids is 3. The van der Waals surface area contributed by atoms with Gasteiger partial charge in [0.15, 0.2) is 6.10 Å². The molecule has 0 rings (SSSR count). The molecule has 0 saturated heterocycles. The summed E-state index contributed by atoms with van der Waals surface area (Å²) in [5.74, 6) is -1.04. The number of hydrogen-bond donors (Lipinski definition) is 0. The maximum Gasteiger partial charge on any atom is 0.306 e. The molecule has 0 aliphatic carbocycles. The van der Waals surface area contributed by atoms with Gasteiger partial charge in [-0.2, -0.15) is 0 Å². The lowest BCUT2D eigenvalue weighted by atomic mass is 10.1. The van der Waals surface area contributed by atoms with Crippen LogP contribution in [0.5, 0.6) is 0 Å². The minimum absolute atomic E-state index is 0.117. The number of ether oxygens (including phenoxy) is 3. The number of allylic oxidation sites excluding steroid dienone is 14. The number of carbonyl (C=O) groups is 3. The summed E-state index contributed by atoms with van der Waals surface area (Å²) in [4.78, 5) is 37.8. The van der Waals surface area contributed by atoms with E-state index in [4.69, 9.17) is 14.2 Å². The Morgan fingerprint density at radius 1 is 0.367 bits per heavy atom. The monoisotopic (exact) mass is 835 g/mol. The second kappa shape index (κ2) is 48.3. The topological polar surface area (TPSA) is 78.9 Å². The molecule has 0 N–H and O–H groups in total. The van der Waals surface area contributed by atoms with E-state index in [2.05, 4.69) is 93.7 Å². The Morgan fingerprint density at radius 3 is 1.27 bits per heavy atom. The highest BCUT2D eigenvalue weighted by Crippen LogP contribution is 2.12. The molecule has 0 spiro atoms. The van der Waals surface area contributed by atoms with E-state index in [0.29, 0.717) is 12.8 Å². The molecule has 0 fully saturated rings. The molecule has 0 aliphatic rings. The predicted octanol–water partition coefficient (Wildman–Crippen LogP) is 16.0. The number of unbranched alkanes of at least 4 members (excludes halogenated alkanes) is 21. The summed E-state index contributed by atoms with van der Waals surface area (Å²) in [5.41, 5.74) is 0. The maximum atomic E-state index is 12.7.